The number of fused-ring (bicyclic) bond motifs is 12. The van der Waals surface area contributed by atoms with E-state index in [0.717, 1.165) is 77.5 Å². The Hall–Kier alpha value is -7.56. The van der Waals surface area contributed by atoms with E-state index in [1.807, 2.05) is 0 Å². The molecule has 4 nitrogen and oxygen atoms in total. The van der Waals surface area contributed by atoms with Gasteiger partial charge in [0.15, 0.2) is 0 Å². The third kappa shape index (κ3) is 4.66. The van der Waals surface area contributed by atoms with Gasteiger partial charge in [0.1, 0.15) is 22.3 Å². The Morgan fingerprint density at radius 1 is 0.441 bits per heavy atom. The lowest BCUT2D eigenvalue weighted by molar-refractivity contribution is 0.542. The first kappa shape index (κ1) is 32.5. The van der Waals surface area contributed by atoms with Gasteiger partial charge in [-0.25, -0.2) is 0 Å². The Bertz CT molecular complexity index is 3560. The van der Waals surface area contributed by atoms with Crippen LogP contribution in [0.25, 0.3) is 93.6 Å². The molecule has 1 aliphatic heterocycles. The molecule has 2 unspecified atom stereocenters. The number of benzene rings is 8. The van der Waals surface area contributed by atoms with Crippen LogP contribution in [0.2, 0.25) is 0 Å². The Morgan fingerprint density at radius 3 is 1.63 bits per heavy atom. The van der Waals surface area contributed by atoms with Crippen molar-refractivity contribution >= 4 is 77.1 Å². The molecule has 8 aromatic carbocycles. The molecule has 0 N–H and O–H groups in total. The quantitative estimate of drug-likeness (QED) is 0.179. The maximum Gasteiger partial charge on any atom is 0.135 e. The average Bonchev–Trinajstić information content (AvgIpc) is 4.01. The summed E-state index contributed by atoms with van der Waals surface area (Å²) >= 11 is 0. The van der Waals surface area contributed by atoms with Gasteiger partial charge in [0, 0.05) is 55.3 Å². The maximum atomic E-state index is 6.44. The lowest BCUT2D eigenvalue weighted by atomic mass is 9.80. The molecule has 278 valence electrons. The summed E-state index contributed by atoms with van der Waals surface area (Å²) in [6.07, 6.45) is 9.04. The molecule has 0 radical (unpaired) electrons. The molecular weight excluding hydrogens is 721 g/mol. The van der Waals surface area contributed by atoms with Crippen LogP contribution in [-0.2, 0) is 0 Å². The number of nitrogens with zero attached hydrogens (tertiary/aromatic N) is 2. The molecule has 2 atom stereocenters. The minimum absolute atomic E-state index is 0.197. The fourth-order valence-corrected chi connectivity index (χ4v) is 10.2. The monoisotopic (exact) mass is 756 g/mol. The van der Waals surface area contributed by atoms with Gasteiger partial charge in [0.05, 0.1) is 16.6 Å². The SMILES string of the molecule is CC12C=CC=CC1c1ccccc1N2c1ccc2oc3ccc(-c4cccc(-c5ccc6oc7ccc(-n8c9ccccc9c9ccccc98)cc7c6c5)c4)cc3c2c1. The van der Waals surface area contributed by atoms with Gasteiger partial charge in [-0.3, -0.25) is 0 Å². The summed E-state index contributed by atoms with van der Waals surface area (Å²) < 4.78 is 15.2. The molecule has 1 aliphatic carbocycles. The van der Waals surface area contributed by atoms with E-state index >= 15 is 0 Å². The van der Waals surface area contributed by atoms with Crippen molar-refractivity contribution in [3.8, 4) is 27.9 Å². The molecule has 0 amide bonds. The highest BCUT2D eigenvalue weighted by molar-refractivity contribution is 6.11. The third-order valence-electron chi connectivity index (χ3n) is 13.0. The van der Waals surface area contributed by atoms with Crippen LogP contribution in [0.4, 0.5) is 11.4 Å². The van der Waals surface area contributed by atoms with E-state index in [4.69, 9.17) is 8.83 Å². The molecule has 0 spiro atoms. The summed E-state index contributed by atoms with van der Waals surface area (Å²) in [5, 5.41) is 6.95. The Kier molecular flexibility index (Phi) is 6.60. The Labute approximate surface area is 340 Å². The van der Waals surface area contributed by atoms with Crippen LogP contribution in [0.3, 0.4) is 0 Å². The van der Waals surface area contributed by atoms with Crippen molar-refractivity contribution in [3.05, 3.63) is 200 Å². The number of furan rings is 2. The van der Waals surface area contributed by atoms with E-state index in [0.29, 0.717) is 0 Å². The predicted molar refractivity (Wildman–Crippen MR) is 244 cm³/mol. The number of aromatic nitrogens is 1. The molecule has 4 heterocycles. The van der Waals surface area contributed by atoms with E-state index in [2.05, 4.69) is 211 Å². The zero-order valence-corrected chi connectivity index (χ0v) is 32.3. The molecular formula is C55H36N2O2. The minimum Gasteiger partial charge on any atom is -0.456 e. The lowest BCUT2D eigenvalue weighted by Crippen LogP contribution is -2.41. The molecule has 3 aromatic heterocycles. The van der Waals surface area contributed by atoms with Gasteiger partial charge in [-0.1, -0.05) is 109 Å². The second kappa shape index (κ2) is 12.0. The van der Waals surface area contributed by atoms with E-state index in [1.54, 1.807) is 0 Å². The molecule has 13 rings (SSSR count). The van der Waals surface area contributed by atoms with Crippen LogP contribution in [0.5, 0.6) is 0 Å². The molecule has 59 heavy (non-hydrogen) atoms. The van der Waals surface area contributed by atoms with Crippen molar-refractivity contribution in [1.82, 2.24) is 4.57 Å². The zero-order valence-electron chi connectivity index (χ0n) is 32.3. The van der Waals surface area contributed by atoms with Gasteiger partial charge in [-0.05, 0) is 120 Å². The normalized spacial score (nSPS) is 17.3. The summed E-state index contributed by atoms with van der Waals surface area (Å²) in [4.78, 5) is 2.50. The van der Waals surface area contributed by atoms with Crippen molar-refractivity contribution in [2.75, 3.05) is 4.90 Å². The molecule has 0 saturated carbocycles. The summed E-state index contributed by atoms with van der Waals surface area (Å²) in [5.41, 5.74) is 15.2. The van der Waals surface area contributed by atoms with Crippen LogP contribution in [0.15, 0.2) is 203 Å². The first-order valence-corrected chi connectivity index (χ1v) is 20.4. The van der Waals surface area contributed by atoms with Crippen LogP contribution in [0.1, 0.15) is 18.4 Å². The second-order valence-electron chi connectivity index (χ2n) is 16.3. The first-order chi connectivity index (χ1) is 29.1. The highest BCUT2D eigenvalue weighted by Crippen LogP contribution is 2.54. The highest BCUT2D eigenvalue weighted by Gasteiger charge is 2.46. The molecule has 2 aliphatic rings. The molecule has 0 bridgehead atoms. The second-order valence-corrected chi connectivity index (χ2v) is 16.3. The number of allylic oxidation sites excluding steroid dienone is 2. The molecule has 11 aromatic rings. The number of para-hydroxylation sites is 3. The van der Waals surface area contributed by atoms with Crippen molar-refractivity contribution in [2.45, 2.75) is 18.4 Å². The fraction of sp³-hybridized carbons (Fsp3) is 0.0545. The first-order valence-electron chi connectivity index (χ1n) is 20.4. The van der Waals surface area contributed by atoms with E-state index < -0.39 is 0 Å². The largest absolute Gasteiger partial charge is 0.456 e. The van der Waals surface area contributed by atoms with E-state index in [9.17, 15) is 0 Å². The van der Waals surface area contributed by atoms with Crippen LogP contribution < -0.4 is 4.90 Å². The van der Waals surface area contributed by atoms with Gasteiger partial charge in [0.25, 0.3) is 0 Å². The zero-order chi connectivity index (χ0) is 38.8. The standard InChI is InChI=1S/C55H36N2O2/c1-55-28-9-8-16-47(55)42-15-4-7-19-50(42)57(55)39-23-27-54-46(33-39)44-31-37(21-25-52(44)59-54)35-12-10-11-34(29-35)36-20-24-51-43(30-36)45-32-38(22-26-53(45)58-51)56-48-17-5-2-13-40(48)41-14-3-6-18-49(41)56/h2-33,47H,1H3. The van der Waals surface area contributed by atoms with Crippen molar-refractivity contribution in [2.24, 2.45) is 0 Å². The van der Waals surface area contributed by atoms with Crippen LogP contribution >= 0.6 is 0 Å². The van der Waals surface area contributed by atoms with Gasteiger partial charge < -0.3 is 18.3 Å². The minimum atomic E-state index is -0.197. The van der Waals surface area contributed by atoms with Gasteiger partial charge in [0.2, 0.25) is 0 Å². The maximum absolute atomic E-state index is 6.44. The van der Waals surface area contributed by atoms with E-state index in [1.165, 1.54) is 33.1 Å². The Balaban J connectivity index is 0.892. The average molecular weight is 757 g/mol. The van der Waals surface area contributed by atoms with Crippen molar-refractivity contribution in [3.63, 3.8) is 0 Å². The number of hydrogen-bond acceptors (Lipinski definition) is 3. The van der Waals surface area contributed by atoms with Crippen LogP contribution in [-0.4, -0.2) is 10.1 Å². The smallest absolute Gasteiger partial charge is 0.135 e. The Morgan fingerprint density at radius 2 is 0.966 bits per heavy atom. The summed E-state index contributed by atoms with van der Waals surface area (Å²) in [6, 6.07) is 61.3. The van der Waals surface area contributed by atoms with Crippen molar-refractivity contribution < 1.29 is 8.83 Å². The van der Waals surface area contributed by atoms with Gasteiger partial charge in [-0.15, -0.1) is 0 Å². The number of rotatable bonds is 4. The lowest BCUT2D eigenvalue weighted by Gasteiger charge is -2.39. The highest BCUT2D eigenvalue weighted by atomic mass is 16.3. The molecule has 0 saturated heterocycles. The molecule has 0 fully saturated rings. The van der Waals surface area contributed by atoms with Crippen molar-refractivity contribution in [1.29, 1.82) is 0 Å². The fourth-order valence-electron chi connectivity index (χ4n) is 10.2. The third-order valence-corrected chi connectivity index (χ3v) is 13.0. The summed E-state index contributed by atoms with van der Waals surface area (Å²) in [7, 11) is 0. The number of anilines is 2. The summed E-state index contributed by atoms with van der Waals surface area (Å²) in [6.45, 7) is 2.34. The van der Waals surface area contributed by atoms with Gasteiger partial charge >= 0.3 is 0 Å². The van der Waals surface area contributed by atoms with Gasteiger partial charge in [-0.2, -0.15) is 0 Å². The molecule has 4 heteroatoms. The van der Waals surface area contributed by atoms with Crippen LogP contribution in [0, 0.1) is 0 Å². The number of hydrogen-bond donors (Lipinski definition) is 0. The topological polar surface area (TPSA) is 34.5 Å². The summed E-state index contributed by atoms with van der Waals surface area (Å²) in [5.74, 6) is 0.288. The van der Waals surface area contributed by atoms with E-state index in [-0.39, 0.29) is 11.5 Å². The predicted octanol–water partition coefficient (Wildman–Crippen LogP) is 15.0.